The number of halogens is 1. The van der Waals surface area contributed by atoms with E-state index in [2.05, 4.69) is 26.2 Å². The summed E-state index contributed by atoms with van der Waals surface area (Å²) in [5.41, 5.74) is 2.58. The SMILES string of the molecule is CC=CCn1c(C(=O)NCc2ccccn2)cc2scc(Br)c21. The molecule has 3 aromatic rings. The molecule has 4 nitrogen and oxygen atoms in total. The van der Waals surface area contributed by atoms with Gasteiger partial charge in [0.1, 0.15) is 5.69 Å². The van der Waals surface area contributed by atoms with Gasteiger partial charge in [-0.3, -0.25) is 9.78 Å². The fourth-order valence-corrected chi connectivity index (χ4v) is 4.08. The Morgan fingerprint density at radius 2 is 2.35 bits per heavy atom. The van der Waals surface area contributed by atoms with E-state index in [4.69, 9.17) is 0 Å². The van der Waals surface area contributed by atoms with Crippen LogP contribution in [0.5, 0.6) is 0 Å². The summed E-state index contributed by atoms with van der Waals surface area (Å²) in [7, 11) is 0. The molecule has 3 heterocycles. The first-order valence-electron chi connectivity index (χ1n) is 7.26. The molecule has 0 atom stereocenters. The second kappa shape index (κ2) is 7.10. The Bertz CT molecular complexity index is 851. The minimum atomic E-state index is -0.0875. The van der Waals surface area contributed by atoms with Crippen molar-refractivity contribution in [2.45, 2.75) is 20.0 Å². The molecule has 0 radical (unpaired) electrons. The van der Waals surface area contributed by atoms with E-state index in [9.17, 15) is 4.79 Å². The van der Waals surface area contributed by atoms with Gasteiger partial charge in [-0.2, -0.15) is 0 Å². The first-order valence-corrected chi connectivity index (χ1v) is 8.93. The minimum Gasteiger partial charge on any atom is -0.345 e. The van der Waals surface area contributed by atoms with Crippen LogP contribution in [-0.2, 0) is 13.1 Å². The number of nitrogens with zero attached hydrogens (tertiary/aromatic N) is 2. The van der Waals surface area contributed by atoms with Gasteiger partial charge in [0.05, 0.1) is 26.9 Å². The van der Waals surface area contributed by atoms with Crippen LogP contribution in [0.2, 0.25) is 0 Å². The van der Waals surface area contributed by atoms with Crippen molar-refractivity contribution in [1.29, 1.82) is 0 Å². The number of carbonyl (C=O) groups excluding carboxylic acids is 1. The van der Waals surface area contributed by atoms with E-state index in [0.29, 0.717) is 18.8 Å². The van der Waals surface area contributed by atoms with Crippen molar-refractivity contribution in [3.05, 3.63) is 63.9 Å². The van der Waals surface area contributed by atoms with Gasteiger partial charge in [0.15, 0.2) is 0 Å². The van der Waals surface area contributed by atoms with Crippen LogP contribution >= 0.6 is 27.3 Å². The van der Waals surface area contributed by atoms with Gasteiger partial charge in [-0.25, -0.2) is 0 Å². The van der Waals surface area contributed by atoms with E-state index in [-0.39, 0.29) is 5.91 Å². The summed E-state index contributed by atoms with van der Waals surface area (Å²) in [4.78, 5) is 16.8. The molecule has 0 aromatic carbocycles. The van der Waals surface area contributed by atoms with Crippen LogP contribution in [0.4, 0.5) is 0 Å². The van der Waals surface area contributed by atoms with Crippen LogP contribution < -0.4 is 5.32 Å². The fraction of sp³-hybridized carbons (Fsp3) is 0.176. The van der Waals surface area contributed by atoms with Gasteiger partial charge in [-0.05, 0) is 41.1 Å². The number of hydrogen-bond donors (Lipinski definition) is 1. The summed E-state index contributed by atoms with van der Waals surface area (Å²) in [6, 6.07) is 7.62. The van der Waals surface area contributed by atoms with Crippen LogP contribution in [0.1, 0.15) is 23.1 Å². The summed E-state index contributed by atoms with van der Waals surface area (Å²) in [5, 5.41) is 4.99. The van der Waals surface area contributed by atoms with Gasteiger partial charge in [-0.1, -0.05) is 18.2 Å². The Balaban J connectivity index is 1.87. The average molecular weight is 390 g/mol. The van der Waals surface area contributed by atoms with Gasteiger partial charge in [0, 0.05) is 18.1 Å². The number of pyridine rings is 1. The van der Waals surface area contributed by atoms with Gasteiger partial charge in [0.2, 0.25) is 0 Å². The zero-order chi connectivity index (χ0) is 16.2. The fourth-order valence-electron chi connectivity index (χ4n) is 2.38. The van der Waals surface area contributed by atoms with E-state index in [1.807, 2.05) is 53.3 Å². The molecular formula is C17H16BrN3OS. The molecule has 0 saturated carbocycles. The molecule has 1 N–H and O–H groups in total. The zero-order valence-electron chi connectivity index (χ0n) is 12.6. The van der Waals surface area contributed by atoms with Crippen molar-refractivity contribution in [1.82, 2.24) is 14.9 Å². The van der Waals surface area contributed by atoms with Crippen molar-refractivity contribution < 1.29 is 4.79 Å². The maximum atomic E-state index is 12.6. The Labute approximate surface area is 147 Å². The highest BCUT2D eigenvalue weighted by molar-refractivity contribution is 9.10. The number of rotatable bonds is 5. The lowest BCUT2D eigenvalue weighted by molar-refractivity contribution is 0.0942. The summed E-state index contributed by atoms with van der Waals surface area (Å²) >= 11 is 5.20. The van der Waals surface area contributed by atoms with Gasteiger partial charge in [0.25, 0.3) is 5.91 Å². The predicted octanol–water partition coefficient (Wildman–Crippen LogP) is 4.37. The number of nitrogens with one attached hydrogen (secondary N) is 1. The van der Waals surface area contributed by atoms with Gasteiger partial charge >= 0.3 is 0 Å². The molecule has 0 aliphatic carbocycles. The lowest BCUT2D eigenvalue weighted by atomic mass is 10.3. The quantitative estimate of drug-likeness (QED) is 0.658. The topological polar surface area (TPSA) is 46.9 Å². The zero-order valence-corrected chi connectivity index (χ0v) is 15.0. The van der Waals surface area contributed by atoms with E-state index < -0.39 is 0 Å². The normalized spacial score (nSPS) is 11.4. The molecule has 3 aromatic heterocycles. The predicted molar refractivity (Wildman–Crippen MR) is 97.7 cm³/mol. The molecule has 3 rings (SSSR count). The van der Waals surface area contributed by atoms with Crippen LogP contribution in [0.25, 0.3) is 10.2 Å². The van der Waals surface area contributed by atoms with Crippen molar-refractivity contribution in [3.8, 4) is 0 Å². The number of hydrogen-bond acceptors (Lipinski definition) is 3. The summed E-state index contributed by atoms with van der Waals surface area (Å²) < 4.78 is 4.15. The number of carbonyl (C=O) groups is 1. The molecule has 0 aliphatic rings. The minimum absolute atomic E-state index is 0.0875. The molecule has 0 saturated heterocycles. The molecule has 0 aliphatic heterocycles. The van der Waals surface area contributed by atoms with Gasteiger partial charge < -0.3 is 9.88 Å². The smallest absolute Gasteiger partial charge is 0.268 e. The third kappa shape index (κ3) is 3.38. The highest BCUT2D eigenvalue weighted by atomic mass is 79.9. The number of thiophene rings is 1. The van der Waals surface area contributed by atoms with Crippen LogP contribution in [0, 0.1) is 0 Å². The molecule has 0 spiro atoms. The first kappa shape index (κ1) is 16.0. The molecular weight excluding hydrogens is 374 g/mol. The van der Waals surface area contributed by atoms with E-state index in [1.165, 1.54) is 0 Å². The molecule has 0 unspecified atom stereocenters. The lowest BCUT2D eigenvalue weighted by Gasteiger charge is -2.09. The van der Waals surface area contributed by atoms with Crippen molar-refractivity contribution in [2.24, 2.45) is 0 Å². The average Bonchev–Trinajstić information content (AvgIpc) is 3.12. The number of aromatic nitrogens is 2. The van der Waals surface area contributed by atoms with Crippen molar-refractivity contribution in [3.63, 3.8) is 0 Å². The van der Waals surface area contributed by atoms with Crippen LogP contribution in [0.3, 0.4) is 0 Å². The molecule has 23 heavy (non-hydrogen) atoms. The van der Waals surface area contributed by atoms with Crippen LogP contribution in [-0.4, -0.2) is 15.5 Å². The monoisotopic (exact) mass is 389 g/mol. The summed E-state index contributed by atoms with van der Waals surface area (Å²) in [6.45, 7) is 3.06. The molecule has 6 heteroatoms. The third-order valence-corrected chi connectivity index (χ3v) is 5.32. The largest absolute Gasteiger partial charge is 0.345 e. The molecule has 0 bridgehead atoms. The summed E-state index contributed by atoms with van der Waals surface area (Å²) in [5.74, 6) is -0.0875. The highest BCUT2D eigenvalue weighted by Crippen LogP contribution is 2.33. The lowest BCUT2D eigenvalue weighted by Crippen LogP contribution is -2.25. The second-order valence-electron chi connectivity index (χ2n) is 5.01. The van der Waals surface area contributed by atoms with E-state index >= 15 is 0 Å². The van der Waals surface area contributed by atoms with Crippen molar-refractivity contribution in [2.75, 3.05) is 0 Å². The van der Waals surface area contributed by atoms with E-state index in [0.717, 1.165) is 20.4 Å². The number of amides is 1. The maximum Gasteiger partial charge on any atom is 0.268 e. The Hall–Kier alpha value is -1.92. The second-order valence-corrected chi connectivity index (χ2v) is 6.78. The maximum absolute atomic E-state index is 12.6. The highest BCUT2D eigenvalue weighted by Gasteiger charge is 2.17. The Morgan fingerprint density at radius 3 is 3.09 bits per heavy atom. The summed E-state index contributed by atoms with van der Waals surface area (Å²) in [6.07, 6.45) is 5.75. The Kier molecular flexibility index (Phi) is 4.93. The molecule has 1 amide bonds. The van der Waals surface area contributed by atoms with Crippen LogP contribution in [0.15, 0.2) is 52.5 Å². The standard InChI is InChI=1S/C17H16BrN3OS/c1-2-3-8-21-14(9-15-16(21)13(18)11-23-15)17(22)20-10-12-6-4-5-7-19-12/h2-7,9,11H,8,10H2,1H3,(H,20,22). The number of allylic oxidation sites excluding steroid dienone is 2. The number of fused-ring (bicyclic) bond motifs is 1. The Morgan fingerprint density at radius 1 is 1.48 bits per heavy atom. The van der Waals surface area contributed by atoms with E-state index in [1.54, 1.807) is 17.5 Å². The van der Waals surface area contributed by atoms with Gasteiger partial charge in [-0.15, -0.1) is 11.3 Å². The molecule has 0 fully saturated rings. The first-order chi connectivity index (χ1) is 11.2. The molecule has 118 valence electrons. The third-order valence-electron chi connectivity index (χ3n) is 3.49. The van der Waals surface area contributed by atoms with Crippen molar-refractivity contribution >= 4 is 43.4 Å².